The van der Waals surface area contributed by atoms with Crippen molar-refractivity contribution >= 4 is 11.5 Å². The van der Waals surface area contributed by atoms with Crippen molar-refractivity contribution in [3.63, 3.8) is 0 Å². The molecule has 0 radical (unpaired) electrons. The van der Waals surface area contributed by atoms with Crippen LogP contribution >= 0.6 is 0 Å². The highest BCUT2D eigenvalue weighted by atomic mass is 14.9. The van der Waals surface area contributed by atoms with Crippen LogP contribution in [0, 0.1) is 12.8 Å². The monoisotopic (exact) mass is 175 g/mol. The molecule has 1 aromatic rings. The van der Waals surface area contributed by atoms with E-state index in [0.29, 0.717) is 5.92 Å². The molecule has 1 fully saturated rings. The first-order chi connectivity index (χ1) is 6.25. The average molecular weight is 175 g/mol. The molecule has 3 heteroatoms. The Kier molecular flexibility index (Phi) is 2.00. The van der Waals surface area contributed by atoms with E-state index < -0.39 is 0 Å². The Bertz CT molecular complexity index is 323. The summed E-state index contributed by atoms with van der Waals surface area (Å²) in [5.74, 6) is 1.28. The maximum atomic E-state index is 5.77. The predicted molar refractivity (Wildman–Crippen MR) is 53.0 cm³/mol. The quantitative estimate of drug-likeness (QED) is 0.550. The zero-order chi connectivity index (χ0) is 9.26. The highest BCUT2D eigenvalue weighted by molar-refractivity contribution is 5.87. The van der Waals surface area contributed by atoms with Crippen molar-refractivity contribution in [3.8, 4) is 0 Å². The summed E-state index contributed by atoms with van der Waals surface area (Å²) >= 11 is 0. The zero-order valence-electron chi connectivity index (χ0n) is 7.70. The van der Waals surface area contributed by atoms with Gasteiger partial charge in [0.1, 0.15) is 5.84 Å². The Morgan fingerprint density at radius 3 is 2.85 bits per heavy atom. The van der Waals surface area contributed by atoms with Crippen LogP contribution in [0.25, 0.3) is 0 Å². The first kappa shape index (κ1) is 8.23. The summed E-state index contributed by atoms with van der Waals surface area (Å²) in [4.78, 5) is 8.44. The minimum Gasteiger partial charge on any atom is -0.387 e. The fourth-order valence-corrected chi connectivity index (χ4v) is 1.15. The summed E-state index contributed by atoms with van der Waals surface area (Å²) < 4.78 is 0. The second kappa shape index (κ2) is 3.17. The van der Waals surface area contributed by atoms with E-state index in [1.54, 1.807) is 6.20 Å². The molecule has 1 aliphatic rings. The molecule has 0 saturated heterocycles. The van der Waals surface area contributed by atoms with Crippen molar-refractivity contribution in [1.29, 1.82) is 0 Å². The van der Waals surface area contributed by atoms with Crippen LogP contribution < -0.4 is 5.73 Å². The van der Waals surface area contributed by atoms with E-state index in [2.05, 4.69) is 9.98 Å². The van der Waals surface area contributed by atoms with Gasteiger partial charge in [0, 0.05) is 11.6 Å². The fraction of sp³-hybridized carbons (Fsp3) is 0.400. The molecule has 0 atom stereocenters. The molecule has 3 nitrogen and oxygen atoms in total. The van der Waals surface area contributed by atoms with Gasteiger partial charge in [-0.2, -0.15) is 0 Å². The molecule has 2 N–H and O–H groups in total. The van der Waals surface area contributed by atoms with Crippen LogP contribution in [-0.2, 0) is 0 Å². The van der Waals surface area contributed by atoms with Crippen molar-refractivity contribution < 1.29 is 0 Å². The summed E-state index contributed by atoms with van der Waals surface area (Å²) in [6.07, 6.45) is 4.13. The Labute approximate surface area is 77.7 Å². The van der Waals surface area contributed by atoms with Crippen molar-refractivity contribution in [2.75, 3.05) is 0 Å². The third-order valence-electron chi connectivity index (χ3n) is 2.15. The Morgan fingerprint density at radius 2 is 2.31 bits per heavy atom. The highest BCUT2D eigenvalue weighted by Crippen LogP contribution is 2.29. The summed E-state index contributed by atoms with van der Waals surface area (Å²) in [5.41, 5.74) is 7.63. The van der Waals surface area contributed by atoms with Gasteiger partial charge >= 0.3 is 0 Å². The molecule has 0 bridgehead atoms. The second-order valence-electron chi connectivity index (χ2n) is 3.47. The van der Waals surface area contributed by atoms with E-state index in [1.165, 1.54) is 12.8 Å². The summed E-state index contributed by atoms with van der Waals surface area (Å²) in [7, 11) is 0. The largest absolute Gasteiger partial charge is 0.387 e. The average Bonchev–Trinajstić information content (AvgIpc) is 2.91. The lowest BCUT2D eigenvalue weighted by Crippen LogP contribution is -2.12. The van der Waals surface area contributed by atoms with Gasteiger partial charge in [0.15, 0.2) is 0 Å². The van der Waals surface area contributed by atoms with Crippen LogP contribution in [0.3, 0.4) is 0 Å². The lowest BCUT2D eigenvalue weighted by atomic mass is 10.3. The van der Waals surface area contributed by atoms with Gasteiger partial charge in [-0.25, -0.2) is 4.99 Å². The topological polar surface area (TPSA) is 51.3 Å². The van der Waals surface area contributed by atoms with Gasteiger partial charge in [0.25, 0.3) is 0 Å². The first-order valence-corrected chi connectivity index (χ1v) is 4.52. The van der Waals surface area contributed by atoms with Crippen LogP contribution in [0.5, 0.6) is 0 Å². The number of rotatable bonds is 2. The number of amidine groups is 1. The number of aromatic nitrogens is 1. The number of aliphatic imine (C=N–C) groups is 1. The van der Waals surface area contributed by atoms with Gasteiger partial charge < -0.3 is 5.73 Å². The van der Waals surface area contributed by atoms with E-state index in [-0.39, 0.29) is 0 Å². The predicted octanol–water partition coefficient (Wildman–Crippen LogP) is 1.79. The molecule has 2 rings (SSSR count). The minimum absolute atomic E-state index is 0.529. The van der Waals surface area contributed by atoms with Crippen LogP contribution in [0.1, 0.15) is 18.5 Å². The number of nitrogens with two attached hydrogens (primary N) is 1. The zero-order valence-corrected chi connectivity index (χ0v) is 7.70. The van der Waals surface area contributed by atoms with Gasteiger partial charge in [-0.1, -0.05) is 0 Å². The number of nitrogens with zero attached hydrogens (tertiary/aromatic N) is 2. The molecular formula is C10H13N3. The molecule has 0 unspecified atom stereocenters. The van der Waals surface area contributed by atoms with Gasteiger partial charge in [-0.3, -0.25) is 4.98 Å². The Balaban J connectivity index is 2.16. The Hall–Kier alpha value is -1.38. The smallest absolute Gasteiger partial charge is 0.103 e. The number of pyridine rings is 1. The van der Waals surface area contributed by atoms with Crippen molar-refractivity contribution in [2.45, 2.75) is 19.8 Å². The van der Waals surface area contributed by atoms with Crippen LogP contribution in [0.2, 0.25) is 0 Å². The summed E-state index contributed by atoms with van der Waals surface area (Å²) in [6.45, 7) is 1.96. The van der Waals surface area contributed by atoms with E-state index in [9.17, 15) is 0 Å². The maximum absolute atomic E-state index is 5.77. The second-order valence-corrected chi connectivity index (χ2v) is 3.47. The SMILES string of the molecule is Cc1ccc(N=C(N)C2CC2)cn1. The number of hydrogen-bond donors (Lipinski definition) is 1. The minimum atomic E-state index is 0.529. The van der Waals surface area contributed by atoms with E-state index >= 15 is 0 Å². The third kappa shape index (κ3) is 2.05. The van der Waals surface area contributed by atoms with Gasteiger partial charge in [0.2, 0.25) is 0 Å². The van der Waals surface area contributed by atoms with Crippen LogP contribution in [0.4, 0.5) is 5.69 Å². The summed E-state index contributed by atoms with van der Waals surface area (Å²) in [5, 5.41) is 0. The number of hydrogen-bond acceptors (Lipinski definition) is 2. The molecular weight excluding hydrogens is 162 g/mol. The van der Waals surface area contributed by atoms with E-state index in [4.69, 9.17) is 5.73 Å². The van der Waals surface area contributed by atoms with Gasteiger partial charge in [0.05, 0.1) is 11.9 Å². The van der Waals surface area contributed by atoms with Gasteiger partial charge in [-0.05, 0) is 31.9 Å². The van der Waals surface area contributed by atoms with Crippen LogP contribution in [-0.4, -0.2) is 10.8 Å². The first-order valence-electron chi connectivity index (χ1n) is 4.52. The lowest BCUT2D eigenvalue weighted by molar-refractivity contribution is 1.14. The van der Waals surface area contributed by atoms with Crippen LogP contribution in [0.15, 0.2) is 23.3 Å². The maximum Gasteiger partial charge on any atom is 0.103 e. The summed E-state index contributed by atoms with van der Waals surface area (Å²) in [6, 6.07) is 3.89. The molecule has 1 saturated carbocycles. The Morgan fingerprint density at radius 1 is 1.54 bits per heavy atom. The van der Waals surface area contributed by atoms with Crippen molar-refractivity contribution in [1.82, 2.24) is 4.98 Å². The standard InChI is InChI=1S/C10H13N3/c1-7-2-5-9(6-12-7)13-10(11)8-3-4-8/h2,5-6,8H,3-4H2,1H3,(H2,11,13). The fourth-order valence-electron chi connectivity index (χ4n) is 1.15. The molecule has 0 aliphatic heterocycles. The molecule has 1 heterocycles. The van der Waals surface area contributed by atoms with Gasteiger partial charge in [-0.15, -0.1) is 0 Å². The molecule has 68 valence electrons. The molecule has 1 aliphatic carbocycles. The highest BCUT2D eigenvalue weighted by Gasteiger charge is 2.25. The van der Waals surface area contributed by atoms with E-state index in [1.807, 2.05) is 19.1 Å². The van der Waals surface area contributed by atoms with Crippen molar-refractivity contribution in [2.24, 2.45) is 16.6 Å². The number of aryl methyl sites for hydroxylation is 1. The molecule has 0 amide bonds. The normalized spacial score (nSPS) is 17.5. The third-order valence-corrected chi connectivity index (χ3v) is 2.15. The molecule has 13 heavy (non-hydrogen) atoms. The molecule has 1 aromatic heterocycles. The van der Waals surface area contributed by atoms with E-state index in [0.717, 1.165) is 17.2 Å². The van der Waals surface area contributed by atoms with Crippen molar-refractivity contribution in [3.05, 3.63) is 24.0 Å². The lowest BCUT2D eigenvalue weighted by Gasteiger charge is -1.97. The molecule has 0 aromatic carbocycles. The molecule has 0 spiro atoms.